The first kappa shape index (κ1) is 26.2. The van der Waals surface area contributed by atoms with Crippen molar-refractivity contribution in [2.75, 3.05) is 36.4 Å². The van der Waals surface area contributed by atoms with Gasteiger partial charge in [-0.25, -0.2) is 4.98 Å². The van der Waals surface area contributed by atoms with E-state index in [0.717, 1.165) is 74.1 Å². The van der Waals surface area contributed by atoms with Crippen LogP contribution < -0.4 is 21.0 Å². The van der Waals surface area contributed by atoms with Gasteiger partial charge in [0.25, 0.3) is 0 Å². The predicted octanol–water partition coefficient (Wildman–Crippen LogP) is 5.38. The van der Waals surface area contributed by atoms with E-state index < -0.39 is 0 Å². The van der Waals surface area contributed by atoms with E-state index in [1.165, 1.54) is 12.1 Å². The highest BCUT2D eigenvalue weighted by Gasteiger charge is 2.25. The minimum Gasteiger partial charge on any atom is -0.507 e. The van der Waals surface area contributed by atoms with Crippen LogP contribution in [-0.4, -0.2) is 51.6 Å². The molecule has 1 saturated heterocycles. The molecule has 1 aliphatic heterocycles. The summed E-state index contributed by atoms with van der Waals surface area (Å²) in [6.07, 6.45) is 6.12. The number of piperazine rings is 1. The van der Waals surface area contributed by atoms with Crippen molar-refractivity contribution in [1.29, 1.82) is 0 Å². The Morgan fingerprint density at radius 1 is 1.10 bits per heavy atom. The number of Topliss-reactive ketones (excluding diaryl/α,β-unsaturated/α-hetero) is 1. The molecule has 1 saturated carbocycles. The summed E-state index contributed by atoms with van der Waals surface area (Å²) >= 11 is 0. The van der Waals surface area contributed by atoms with E-state index in [4.69, 9.17) is 9.40 Å². The SMILES string of the molecule is CC(=O)c1cc2cnc(Nc3cccc(-c4ccc(O)c5c(=O)cc(N6CCNCC6)oc45)c3)nc2n1C1CCCC1. The van der Waals surface area contributed by atoms with Crippen molar-refractivity contribution in [2.45, 2.75) is 38.6 Å². The number of hydrogen-bond acceptors (Lipinski definition) is 9. The number of rotatable bonds is 6. The Morgan fingerprint density at radius 2 is 1.90 bits per heavy atom. The van der Waals surface area contributed by atoms with Gasteiger partial charge in [-0.1, -0.05) is 25.0 Å². The second-order valence-corrected chi connectivity index (χ2v) is 11.1. The first-order chi connectivity index (χ1) is 20.5. The number of nitrogens with zero attached hydrogens (tertiary/aromatic N) is 4. The number of aromatic hydroxyl groups is 1. The minimum absolute atomic E-state index is 0.0231. The van der Waals surface area contributed by atoms with Gasteiger partial charge >= 0.3 is 0 Å². The largest absolute Gasteiger partial charge is 0.507 e. The normalized spacial score (nSPS) is 16.0. The molecule has 0 radical (unpaired) electrons. The summed E-state index contributed by atoms with van der Waals surface area (Å²) in [6, 6.07) is 14.6. The van der Waals surface area contributed by atoms with Crippen LogP contribution >= 0.6 is 0 Å². The molecular formula is C32H32N6O4. The number of nitrogens with one attached hydrogen (secondary N) is 2. The zero-order valence-corrected chi connectivity index (χ0v) is 23.4. The number of phenols is 1. The van der Waals surface area contributed by atoms with Crippen molar-refractivity contribution in [1.82, 2.24) is 19.9 Å². The molecular weight excluding hydrogens is 532 g/mol. The third-order valence-electron chi connectivity index (χ3n) is 8.33. The monoisotopic (exact) mass is 564 g/mol. The van der Waals surface area contributed by atoms with Gasteiger partial charge in [0.15, 0.2) is 22.7 Å². The van der Waals surface area contributed by atoms with Crippen LogP contribution in [0.2, 0.25) is 0 Å². The van der Waals surface area contributed by atoms with Crippen molar-refractivity contribution in [3.8, 4) is 16.9 Å². The van der Waals surface area contributed by atoms with Gasteiger partial charge < -0.3 is 29.6 Å². The number of hydrogen-bond donors (Lipinski definition) is 3. The lowest BCUT2D eigenvalue weighted by Crippen LogP contribution is -2.43. The quantitative estimate of drug-likeness (QED) is 0.233. The molecule has 0 amide bonds. The fourth-order valence-corrected chi connectivity index (χ4v) is 6.27. The molecule has 4 heterocycles. The molecule has 10 nitrogen and oxygen atoms in total. The van der Waals surface area contributed by atoms with Crippen LogP contribution in [0.3, 0.4) is 0 Å². The van der Waals surface area contributed by atoms with Crippen molar-refractivity contribution in [3.63, 3.8) is 0 Å². The van der Waals surface area contributed by atoms with Crippen molar-refractivity contribution in [3.05, 3.63) is 70.6 Å². The average molecular weight is 565 g/mol. The second-order valence-electron chi connectivity index (χ2n) is 11.1. The summed E-state index contributed by atoms with van der Waals surface area (Å²) in [5.41, 5.74) is 3.74. The molecule has 3 N–H and O–H groups in total. The number of ketones is 1. The van der Waals surface area contributed by atoms with Crippen LogP contribution in [-0.2, 0) is 0 Å². The number of carbonyl (C=O) groups is 1. The van der Waals surface area contributed by atoms with E-state index in [2.05, 4.69) is 20.2 Å². The van der Waals surface area contributed by atoms with E-state index in [9.17, 15) is 14.7 Å². The molecule has 7 rings (SSSR count). The van der Waals surface area contributed by atoms with Crippen LogP contribution in [0.5, 0.6) is 5.75 Å². The highest BCUT2D eigenvalue weighted by Crippen LogP contribution is 2.37. The lowest BCUT2D eigenvalue weighted by atomic mass is 10.0. The fourth-order valence-electron chi connectivity index (χ4n) is 6.27. The molecule has 10 heteroatoms. The molecule has 1 aliphatic carbocycles. The summed E-state index contributed by atoms with van der Waals surface area (Å²) < 4.78 is 8.39. The van der Waals surface area contributed by atoms with E-state index in [1.807, 2.05) is 35.2 Å². The summed E-state index contributed by atoms with van der Waals surface area (Å²) in [6.45, 7) is 4.66. The molecule has 3 aromatic heterocycles. The molecule has 2 aliphatic rings. The van der Waals surface area contributed by atoms with Gasteiger partial charge in [-0.15, -0.1) is 0 Å². The third kappa shape index (κ3) is 4.67. The Balaban J connectivity index is 1.26. The van der Waals surface area contributed by atoms with E-state index in [-0.39, 0.29) is 28.4 Å². The van der Waals surface area contributed by atoms with Gasteiger partial charge in [0.1, 0.15) is 16.8 Å². The van der Waals surface area contributed by atoms with Crippen LogP contribution in [0.15, 0.2) is 63.9 Å². The Kier molecular flexibility index (Phi) is 6.62. The van der Waals surface area contributed by atoms with Gasteiger partial charge in [0.05, 0.1) is 5.69 Å². The van der Waals surface area contributed by atoms with Crippen molar-refractivity contribution < 1.29 is 14.3 Å². The third-order valence-corrected chi connectivity index (χ3v) is 8.33. The molecule has 0 unspecified atom stereocenters. The number of benzene rings is 2. The van der Waals surface area contributed by atoms with Gasteiger partial charge in [0, 0.05) is 68.0 Å². The highest BCUT2D eigenvalue weighted by molar-refractivity contribution is 5.98. The average Bonchev–Trinajstić information content (AvgIpc) is 3.66. The molecule has 214 valence electrons. The lowest BCUT2D eigenvalue weighted by Gasteiger charge is -2.28. The summed E-state index contributed by atoms with van der Waals surface area (Å²) in [4.78, 5) is 37.0. The summed E-state index contributed by atoms with van der Waals surface area (Å²) in [5.74, 6) is 0.831. The summed E-state index contributed by atoms with van der Waals surface area (Å²) in [5, 5.41) is 18.2. The minimum atomic E-state index is -0.282. The molecule has 2 aromatic carbocycles. The predicted molar refractivity (Wildman–Crippen MR) is 163 cm³/mol. The molecule has 42 heavy (non-hydrogen) atoms. The van der Waals surface area contributed by atoms with Gasteiger partial charge in [-0.3, -0.25) is 9.59 Å². The van der Waals surface area contributed by atoms with Crippen LogP contribution in [0.25, 0.3) is 33.1 Å². The maximum Gasteiger partial charge on any atom is 0.229 e. The van der Waals surface area contributed by atoms with Crippen molar-refractivity contribution in [2.24, 2.45) is 0 Å². The number of aromatic nitrogens is 3. The van der Waals surface area contributed by atoms with Gasteiger partial charge in [-0.2, -0.15) is 4.98 Å². The van der Waals surface area contributed by atoms with Crippen LogP contribution in [0.1, 0.15) is 49.1 Å². The zero-order valence-electron chi connectivity index (χ0n) is 23.4. The molecule has 0 atom stereocenters. The second kappa shape index (κ2) is 10.6. The fraction of sp³-hybridized carbons (Fsp3) is 0.312. The Bertz CT molecular complexity index is 1880. The van der Waals surface area contributed by atoms with Crippen LogP contribution in [0.4, 0.5) is 17.5 Å². The Hall–Kier alpha value is -4.70. The maximum absolute atomic E-state index is 13.1. The smallest absolute Gasteiger partial charge is 0.229 e. The lowest BCUT2D eigenvalue weighted by molar-refractivity contribution is 0.100. The van der Waals surface area contributed by atoms with E-state index in [1.54, 1.807) is 19.2 Å². The first-order valence-corrected chi connectivity index (χ1v) is 14.5. The van der Waals surface area contributed by atoms with Crippen molar-refractivity contribution >= 4 is 45.3 Å². The van der Waals surface area contributed by atoms with Crippen LogP contribution in [0, 0.1) is 0 Å². The number of carbonyl (C=O) groups excluding carboxylic acids is 1. The van der Waals surface area contributed by atoms with Gasteiger partial charge in [0.2, 0.25) is 5.95 Å². The molecule has 0 spiro atoms. The molecule has 0 bridgehead atoms. The number of fused-ring (bicyclic) bond motifs is 2. The zero-order chi connectivity index (χ0) is 28.8. The molecule has 2 fully saturated rings. The Morgan fingerprint density at radius 3 is 2.69 bits per heavy atom. The number of anilines is 3. The maximum atomic E-state index is 13.1. The topological polar surface area (TPSA) is 126 Å². The highest BCUT2D eigenvalue weighted by atomic mass is 16.4. The molecule has 5 aromatic rings. The standard InChI is InChI=1S/C32H32N6O4/c1-19(39)25-16-21-18-34-32(36-31(21)38(25)23-7-2-3-8-23)35-22-6-4-5-20(15-22)24-9-10-26(40)29-27(41)17-28(42-30(24)29)37-13-11-33-12-14-37/h4-6,9-10,15-18,23,33,40H,2-3,7-8,11-14H2,1H3,(H,34,35,36). The Labute approximate surface area is 242 Å². The number of phenolic OH excluding ortho intramolecular Hbond substituents is 1. The first-order valence-electron chi connectivity index (χ1n) is 14.5. The summed E-state index contributed by atoms with van der Waals surface area (Å²) in [7, 11) is 0. The van der Waals surface area contributed by atoms with Gasteiger partial charge in [-0.05, 0) is 48.7 Å². The van der Waals surface area contributed by atoms with E-state index in [0.29, 0.717) is 28.7 Å². The van der Waals surface area contributed by atoms with E-state index >= 15 is 0 Å².